The van der Waals surface area contributed by atoms with Gasteiger partial charge in [0.1, 0.15) is 0 Å². The molecule has 1 heterocycles. The molecule has 3 heteroatoms. The molecule has 0 spiro atoms. The van der Waals surface area contributed by atoms with Crippen LogP contribution in [0.25, 0.3) is 0 Å². The quantitative estimate of drug-likeness (QED) is 0.814. The SMILES string of the molecule is CCNC1CCC(N(C)C2CCSC2)CC1. The minimum Gasteiger partial charge on any atom is -0.314 e. The Morgan fingerprint density at radius 3 is 2.44 bits per heavy atom. The van der Waals surface area contributed by atoms with Gasteiger partial charge in [-0.1, -0.05) is 6.92 Å². The smallest absolute Gasteiger partial charge is 0.0194 e. The molecular weight excluding hydrogens is 216 g/mol. The minimum atomic E-state index is 0.799. The van der Waals surface area contributed by atoms with Gasteiger partial charge in [-0.2, -0.15) is 11.8 Å². The highest BCUT2D eigenvalue weighted by molar-refractivity contribution is 7.99. The first-order valence-corrected chi connectivity index (χ1v) is 7.99. The summed E-state index contributed by atoms with van der Waals surface area (Å²) in [6, 6.07) is 2.52. The fraction of sp³-hybridized carbons (Fsp3) is 1.00. The van der Waals surface area contributed by atoms with Crippen molar-refractivity contribution in [1.82, 2.24) is 10.2 Å². The molecule has 0 aromatic heterocycles. The molecule has 94 valence electrons. The van der Waals surface area contributed by atoms with Crippen molar-refractivity contribution in [1.29, 1.82) is 0 Å². The average molecular weight is 242 g/mol. The Kier molecular flexibility index (Phi) is 4.98. The third-order valence-corrected chi connectivity index (χ3v) is 5.39. The number of nitrogens with one attached hydrogen (secondary N) is 1. The van der Waals surface area contributed by atoms with Gasteiger partial charge in [0, 0.05) is 23.9 Å². The summed E-state index contributed by atoms with van der Waals surface area (Å²) >= 11 is 2.13. The van der Waals surface area contributed by atoms with Crippen molar-refractivity contribution in [2.24, 2.45) is 0 Å². The van der Waals surface area contributed by atoms with Crippen LogP contribution < -0.4 is 5.32 Å². The topological polar surface area (TPSA) is 15.3 Å². The average Bonchev–Trinajstić information content (AvgIpc) is 2.83. The Hall–Kier alpha value is 0.270. The van der Waals surface area contributed by atoms with Crippen LogP contribution >= 0.6 is 11.8 Å². The van der Waals surface area contributed by atoms with Crippen molar-refractivity contribution in [3.05, 3.63) is 0 Å². The van der Waals surface area contributed by atoms with Gasteiger partial charge in [-0.05, 0) is 51.4 Å². The largest absolute Gasteiger partial charge is 0.314 e. The van der Waals surface area contributed by atoms with E-state index < -0.39 is 0 Å². The van der Waals surface area contributed by atoms with Crippen LogP contribution in [-0.4, -0.2) is 48.1 Å². The van der Waals surface area contributed by atoms with E-state index in [0.717, 1.165) is 24.7 Å². The summed E-state index contributed by atoms with van der Waals surface area (Å²) in [5.41, 5.74) is 0. The third-order valence-electron chi connectivity index (χ3n) is 4.25. The lowest BCUT2D eigenvalue weighted by Gasteiger charge is -2.37. The standard InChI is InChI=1S/C13H26N2S/c1-3-14-11-4-6-12(7-5-11)15(2)13-8-9-16-10-13/h11-14H,3-10H2,1-2H3. The molecule has 0 amide bonds. The molecule has 1 unspecified atom stereocenters. The maximum absolute atomic E-state index is 3.59. The second-order valence-electron chi connectivity index (χ2n) is 5.25. The molecule has 2 fully saturated rings. The molecule has 0 radical (unpaired) electrons. The van der Waals surface area contributed by atoms with Gasteiger partial charge < -0.3 is 5.32 Å². The molecule has 1 N–H and O–H groups in total. The van der Waals surface area contributed by atoms with E-state index in [9.17, 15) is 0 Å². The molecular formula is C13H26N2S. The Bertz CT molecular complexity index is 196. The van der Waals surface area contributed by atoms with E-state index >= 15 is 0 Å². The lowest BCUT2D eigenvalue weighted by atomic mass is 9.89. The Morgan fingerprint density at radius 1 is 1.12 bits per heavy atom. The molecule has 2 aliphatic rings. The van der Waals surface area contributed by atoms with Crippen LogP contribution in [0.1, 0.15) is 39.0 Å². The maximum atomic E-state index is 3.59. The second kappa shape index (κ2) is 6.27. The van der Waals surface area contributed by atoms with Gasteiger partial charge in [0.2, 0.25) is 0 Å². The minimum absolute atomic E-state index is 0.799. The summed E-state index contributed by atoms with van der Waals surface area (Å²) in [5.74, 6) is 2.74. The number of hydrogen-bond donors (Lipinski definition) is 1. The first-order chi connectivity index (χ1) is 7.81. The molecule has 16 heavy (non-hydrogen) atoms. The summed E-state index contributed by atoms with van der Waals surface area (Å²) < 4.78 is 0. The van der Waals surface area contributed by atoms with E-state index in [0.29, 0.717) is 0 Å². The van der Waals surface area contributed by atoms with Crippen LogP contribution in [0.5, 0.6) is 0 Å². The van der Waals surface area contributed by atoms with E-state index in [-0.39, 0.29) is 0 Å². The third kappa shape index (κ3) is 3.14. The monoisotopic (exact) mass is 242 g/mol. The second-order valence-corrected chi connectivity index (χ2v) is 6.40. The number of thioether (sulfide) groups is 1. The summed E-state index contributed by atoms with van der Waals surface area (Å²) in [6.07, 6.45) is 6.96. The predicted molar refractivity (Wildman–Crippen MR) is 73.2 cm³/mol. The number of hydrogen-bond acceptors (Lipinski definition) is 3. The van der Waals surface area contributed by atoms with Gasteiger partial charge in [-0.3, -0.25) is 4.90 Å². The van der Waals surface area contributed by atoms with Crippen molar-refractivity contribution in [3.63, 3.8) is 0 Å². The molecule has 1 atom stereocenters. The fourth-order valence-corrected chi connectivity index (χ4v) is 4.40. The molecule has 0 bridgehead atoms. The molecule has 1 aliphatic heterocycles. The summed E-state index contributed by atoms with van der Waals surface area (Å²) in [5, 5.41) is 3.59. The Labute approximate surface area is 105 Å². The predicted octanol–water partition coefficient (Wildman–Crippen LogP) is 2.34. The normalized spacial score (nSPS) is 35.8. The van der Waals surface area contributed by atoms with Gasteiger partial charge in [0.15, 0.2) is 0 Å². The molecule has 0 aromatic carbocycles. The highest BCUT2D eigenvalue weighted by Crippen LogP contribution is 2.28. The van der Waals surface area contributed by atoms with E-state index in [1.54, 1.807) is 0 Å². The highest BCUT2D eigenvalue weighted by atomic mass is 32.2. The van der Waals surface area contributed by atoms with Gasteiger partial charge in [0.05, 0.1) is 0 Å². The van der Waals surface area contributed by atoms with Crippen molar-refractivity contribution in [3.8, 4) is 0 Å². The number of nitrogens with zero attached hydrogens (tertiary/aromatic N) is 1. The number of rotatable bonds is 4. The van der Waals surface area contributed by atoms with Gasteiger partial charge in [-0.25, -0.2) is 0 Å². The molecule has 2 rings (SSSR count). The van der Waals surface area contributed by atoms with Crippen LogP contribution in [0.2, 0.25) is 0 Å². The first kappa shape index (κ1) is 12.7. The summed E-state index contributed by atoms with van der Waals surface area (Å²) in [7, 11) is 2.36. The zero-order valence-electron chi connectivity index (χ0n) is 10.7. The van der Waals surface area contributed by atoms with Crippen molar-refractivity contribution < 1.29 is 0 Å². The lowest BCUT2D eigenvalue weighted by molar-refractivity contribution is 0.138. The highest BCUT2D eigenvalue weighted by Gasteiger charge is 2.29. The zero-order chi connectivity index (χ0) is 11.4. The van der Waals surface area contributed by atoms with Crippen molar-refractivity contribution in [2.75, 3.05) is 25.1 Å². The van der Waals surface area contributed by atoms with Crippen LogP contribution in [0.4, 0.5) is 0 Å². The maximum Gasteiger partial charge on any atom is 0.0194 e. The molecule has 1 saturated heterocycles. The van der Waals surface area contributed by atoms with Crippen LogP contribution in [-0.2, 0) is 0 Å². The summed E-state index contributed by atoms with van der Waals surface area (Å²) in [6.45, 7) is 3.35. The van der Waals surface area contributed by atoms with E-state index in [2.05, 4.69) is 35.9 Å². The Balaban J connectivity index is 1.74. The zero-order valence-corrected chi connectivity index (χ0v) is 11.6. The lowest BCUT2D eigenvalue weighted by Crippen LogP contribution is -2.45. The molecule has 1 aliphatic carbocycles. The van der Waals surface area contributed by atoms with Crippen LogP contribution in [0, 0.1) is 0 Å². The summed E-state index contributed by atoms with van der Waals surface area (Å²) in [4.78, 5) is 2.68. The van der Waals surface area contributed by atoms with Crippen LogP contribution in [0.3, 0.4) is 0 Å². The van der Waals surface area contributed by atoms with E-state index in [1.807, 2.05) is 0 Å². The van der Waals surface area contributed by atoms with E-state index in [4.69, 9.17) is 0 Å². The van der Waals surface area contributed by atoms with Gasteiger partial charge in [-0.15, -0.1) is 0 Å². The molecule has 0 aromatic rings. The Morgan fingerprint density at radius 2 is 1.88 bits per heavy atom. The first-order valence-electron chi connectivity index (χ1n) is 6.84. The van der Waals surface area contributed by atoms with Crippen molar-refractivity contribution >= 4 is 11.8 Å². The van der Waals surface area contributed by atoms with Crippen molar-refractivity contribution in [2.45, 2.75) is 57.2 Å². The molecule has 2 nitrogen and oxygen atoms in total. The van der Waals surface area contributed by atoms with Gasteiger partial charge in [0.25, 0.3) is 0 Å². The molecule has 1 saturated carbocycles. The van der Waals surface area contributed by atoms with Crippen LogP contribution in [0.15, 0.2) is 0 Å². The fourth-order valence-electron chi connectivity index (χ4n) is 3.12. The van der Waals surface area contributed by atoms with E-state index in [1.165, 1.54) is 43.6 Å². The van der Waals surface area contributed by atoms with Gasteiger partial charge >= 0.3 is 0 Å².